The fourth-order valence-corrected chi connectivity index (χ4v) is 3.63. The molecule has 0 bridgehead atoms. The molecule has 7 nitrogen and oxygen atoms in total. The molecule has 0 radical (unpaired) electrons. The monoisotopic (exact) mass is 387 g/mol. The number of nitrogens with zero attached hydrogens (tertiary/aromatic N) is 1. The summed E-state index contributed by atoms with van der Waals surface area (Å²) in [6.07, 6.45) is 1.23. The summed E-state index contributed by atoms with van der Waals surface area (Å²) < 4.78 is 22.5. The molecule has 0 unspecified atom stereocenters. The van der Waals surface area contributed by atoms with Crippen LogP contribution < -0.4 is 10.5 Å². The van der Waals surface area contributed by atoms with E-state index in [0.717, 1.165) is 0 Å². The number of nitrogens with two attached hydrogens (primary N) is 1. The smallest absolute Gasteiger partial charge is 0.321 e. The number of piperidine rings is 1. The Bertz CT molecular complexity index is 919. The Morgan fingerprint density at radius 3 is 2.11 bits per heavy atom. The minimum atomic E-state index is -3.76. The number of amides is 2. The lowest BCUT2D eigenvalue weighted by Crippen LogP contribution is -2.42. The summed E-state index contributed by atoms with van der Waals surface area (Å²) in [5.41, 5.74) is 1.19. The molecular weight excluding hydrogens is 366 g/mol. The SMILES string of the molecule is NS(=O)(=O)c1ccc(NC(=O)N2CCC(C(=O)c3ccccc3)CC2)cc1. The Morgan fingerprint density at radius 2 is 1.56 bits per heavy atom. The number of urea groups is 1. The van der Waals surface area contributed by atoms with Crippen molar-refractivity contribution in [1.82, 2.24) is 4.90 Å². The third kappa shape index (κ3) is 4.72. The molecule has 1 aliphatic rings. The molecule has 3 N–H and O–H groups in total. The zero-order valence-electron chi connectivity index (χ0n) is 14.7. The Kier molecular flexibility index (Phi) is 5.57. The van der Waals surface area contributed by atoms with Crippen molar-refractivity contribution in [2.24, 2.45) is 11.1 Å². The molecule has 1 saturated heterocycles. The van der Waals surface area contributed by atoms with Crippen LogP contribution in [0.2, 0.25) is 0 Å². The minimum absolute atomic E-state index is 0.0132. The maximum Gasteiger partial charge on any atom is 0.321 e. The topological polar surface area (TPSA) is 110 Å². The average Bonchev–Trinajstić information content (AvgIpc) is 2.68. The molecule has 0 atom stereocenters. The highest BCUT2D eigenvalue weighted by Crippen LogP contribution is 2.22. The first-order chi connectivity index (χ1) is 12.8. The number of Topliss-reactive ketones (excluding diaryl/α,β-unsaturated/α-hetero) is 1. The molecule has 3 rings (SSSR count). The van der Waals surface area contributed by atoms with Gasteiger partial charge in [0.15, 0.2) is 5.78 Å². The summed E-state index contributed by atoms with van der Waals surface area (Å²) in [5, 5.41) is 7.79. The number of benzene rings is 2. The summed E-state index contributed by atoms with van der Waals surface area (Å²) in [7, 11) is -3.76. The number of hydrogen-bond donors (Lipinski definition) is 2. The van der Waals surface area contributed by atoms with Crippen molar-refractivity contribution in [2.75, 3.05) is 18.4 Å². The summed E-state index contributed by atoms with van der Waals surface area (Å²) >= 11 is 0. The van der Waals surface area contributed by atoms with Crippen molar-refractivity contribution in [2.45, 2.75) is 17.7 Å². The number of sulfonamides is 1. The number of rotatable bonds is 4. The van der Waals surface area contributed by atoms with Crippen LogP contribution in [0.5, 0.6) is 0 Å². The van der Waals surface area contributed by atoms with Gasteiger partial charge in [0.1, 0.15) is 0 Å². The largest absolute Gasteiger partial charge is 0.324 e. The molecule has 142 valence electrons. The zero-order chi connectivity index (χ0) is 19.4. The average molecular weight is 387 g/mol. The number of carbonyl (C=O) groups excluding carboxylic acids is 2. The molecule has 0 aliphatic carbocycles. The lowest BCUT2D eigenvalue weighted by Gasteiger charge is -2.31. The van der Waals surface area contributed by atoms with Gasteiger partial charge >= 0.3 is 6.03 Å². The molecule has 0 saturated carbocycles. The van der Waals surface area contributed by atoms with Gasteiger partial charge in [-0.2, -0.15) is 0 Å². The fraction of sp³-hybridized carbons (Fsp3) is 0.263. The van der Waals surface area contributed by atoms with Crippen LogP contribution in [0.1, 0.15) is 23.2 Å². The Hall–Kier alpha value is -2.71. The van der Waals surface area contributed by atoms with Gasteiger partial charge in [0.25, 0.3) is 0 Å². The lowest BCUT2D eigenvalue weighted by atomic mass is 9.89. The van der Waals surface area contributed by atoms with Crippen LogP contribution in [-0.4, -0.2) is 38.2 Å². The highest BCUT2D eigenvalue weighted by Gasteiger charge is 2.27. The number of primary sulfonamides is 1. The predicted octanol–water partition coefficient (Wildman–Crippen LogP) is 2.46. The first-order valence-corrected chi connectivity index (χ1v) is 10.2. The van der Waals surface area contributed by atoms with Crippen LogP contribution in [0.3, 0.4) is 0 Å². The highest BCUT2D eigenvalue weighted by molar-refractivity contribution is 7.89. The minimum Gasteiger partial charge on any atom is -0.324 e. The van der Waals surface area contributed by atoms with Gasteiger partial charge in [0.05, 0.1) is 4.90 Å². The van der Waals surface area contributed by atoms with Gasteiger partial charge in [-0.15, -0.1) is 0 Å². The Morgan fingerprint density at radius 1 is 0.963 bits per heavy atom. The first kappa shape index (κ1) is 19.1. The Balaban J connectivity index is 1.55. The number of likely N-dealkylation sites (tertiary alicyclic amines) is 1. The first-order valence-electron chi connectivity index (χ1n) is 8.62. The third-order valence-electron chi connectivity index (χ3n) is 4.65. The quantitative estimate of drug-likeness (QED) is 0.785. The second-order valence-corrected chi connectivity index (χ2v) is 8.05. The standard InChI is InChI=1S/C19H21N3O4S/c20-27(25,26)17-8-6-16(7-9-17)21-19(24)22-12-10-15(11-13-22)18(23)14-4-2-1-3-5-14/h1-9,15H,10-13H2,(H,21,24)(H2,20,25,26). The zero-order valence-corrected chi connectivity index (χ0v) is 15.5. The van der Waals surface area contributed by atoms with Crippen molar-refractivity contribution >= 4 is 27.5 Å². The molecule has 2 aromatic carbocycles. The van der Waals surface area contributed by atoms with E-state index < -0.39 is 10.0 Å². The molecule has 8 heteroatoms. The number of nitrogens with one attached hydrogen (secondary N) is 1. The van der Waals surface area contributed by atoms with E-state index in [-0.39, 0.29) is 22.6 Å². The summed E-state index contributed by atoms with van der Waals surface area (Å²) in [4.78, 5) is 26.5. The van der Waals surface area contributed by atoms with Crippen LogP contribution in [0, 0.1) is 5.92 Å². The number of hydrogen-bond acceptors (Lipinski definition) is 4. The normalized spacial score (nSPS) is 15.4. The van der Waals surface area contributed by atoms with E-state index in [1.54, 1.807) is 4.90 Å². The van der Waals surface area contributed by atoms with Crippen molar-refractivity contribution in [3.8, 4) is 0 Å². The number of ketones is 1. The van der Waals surface area contributed by atoms with Gasteiger partial charge in [-0.05, 0) is 37.1 Å². The van der Waals surface area contributed by atoms with E-state index in [9.17, 15) is 18.0 Å². The van der Waals surface area contributed by atoms with Gasteiger partial charge in [0.2, 0.25) is 10.0 Å². The van der Waals surface area contributed by atoms with Crippen molar-refractivity contribution in [3.05, 3.63) is 60.2 Å². The third-order valence-corrected chi connectivity index (χ3v) is 5.57. The molecule has 1 aliphatic heterocycles. The lowest BCUT2D eigenvalue weighted by molar-refractivity contribution is 0.0859. The van der Waals surface area contributed by atoms with Crippen LogP contribution >= 0.6 is 0 Å². The van der Waals surface area contributed by atoms with Crippen LogP contribution in [0.25, 0.3) is 0 Å². The van der Waals surface area contributed by atoms with Crippen molar-refractivity contribution in [3.63, 3.8) is 0 Å². The van der Waals surface area contributed by atoms with Crippen LogP contribution in [0.15, 0.2) is 59.5 Å². The van der Waals surface area contributed by atoms with Crippen LogP contribution in [0.4, 0.5) is 10.5 Å². The van der Waals surface area contributed by atoms with E-state index in [0.29, 0.717) is 37.2 Å². The molecule has 1 fully saturated rings. The summed E-state index contributed by atoms with van der Waals surface area (Å²) in [5.74, 6) is 0.0414. The van der Waals surface area contributed by atoms with E-state index in [4.69, 9.17) is 5.14 Å². The fourth-order valence-electron chi connectivity index (χ4n) is 3.11. The van der Waals surface area contributed by atoms with Gasteiger partial charge < -0.3 is 10.2 Å². The van der Waals surface area contributed by atoms with Gasteiger partial charge in [-0.25, -0.2) is 18.4 Å². The maximum absolute atomic E-state index is 12.5. The van der Waals surface area contributed by atoms with Gasteiger partial charge in [-0.3, -0.25) is 4.79 Å². The highest BCUT2D eigenvalue weighted by atomic mass is 32.2. The molecule has 2 amide bonds. The molecular formula is C19H21N3O4S. The van der Waals surface area contributed by atoms with Crippen LogP contribution in [-0.2, 0) is 10.0 Å². The van der Waals surface area contributed by atoms with E-state index in [2.05, 4.69) is 5.32 Å². The van der Waals surface area contributed by atoms with Crippen molar-refractivity contribution < 1.29 is 18.0 Å². The Labute approximate surface area is 158 Å². The van der Waals surface area contributed by atoms with E-state index >= 15 is 0 Å². The van der Waals surface area contributed by atoms with E-state index in [1.165, 1.54) is 24.3 Å². The van der Waals surface area contributed by atoms with Gasteiger partial charge in [0, 0.05) is 30.3 Å². The molecule has 27 heavy (non-hydrogen) atoms. The molecule has 0 aromatic heterocycles. The second kappa shape index (κ2) is 7.89. The molecule has 1 heterocycles. The maximum atomic E-state index is 12.5. The summed E-state index contributed by atoms with van der Waals surface area (Å²) in [6, 6.07) is 14.6. The van der Waals surface area contributed by atoms with Crippen molar-refractivity contribution in [1.29, 1.82) is 0 Å². The van der Waals surface area contributed by atoms with Gasteiger partial charge in [-0.1, -0.05) is 30.3 Å². The van der Waals surface area contributed by atoms with E-state index in [1.807, 2.05) is 30.3 Å². The number of anilines is 1. The molecule has 2 aromatic rings. The molecule has 0 spiro atoms. The second-order valence-electron chi connectivity index (χ2n) is 6.49. The summed E-state index contributed by atoms with van der Waals surface area (Å²) in [6.45, 7) is 0.981. The number of carbonyl (C=O) groups is 2. The predicted molar refractivity (Wildman–Crippen MR) is 102 cm³/mol.